The van der Waals surface area contributed by atoms with Gasteiger partial charge in [0.25, 0.3) is 11.6 Å². The Morgan fingerprint density at radius 3 is 2.65 bits per heavy atom. The molecule has 0 saturated heterocycles. The number of hydrogen-bond donors (Lipinski definition) is 1. The van der Waals surface area contributed by atoms with Crippen LogP contribution in [0.4, 0.5) is 11.6 Å². The summed E-state index contributed by atoms with van der Waals surface area (Å²) in [6, 6.07) is 7.45. The number of hydrogen-bond acceptors (Lipinski definition) is 5. The summed E-state index contributed by atoms with van der Waals surface area (Å²) in [4.78, 5) is 21.6. The smallest absolute Gasteiger partial charge is 0.269 e. The van der Waals surface area contributed by atoms with Crippen molar-refractivity contribution in [3.05, 3.63) is 57.8 Å². The third-order valence-corrected chi connectivity index (χ3v) is 2.41. The van der Waals surface area contributed by atoms with Crippen molar-refractivity contribution in [3.8, 4) is 0 Å². The molecular formula is C13H11N3O4. The van der Waals surface area contributed by atoms with Crippen LogP contribution >= 0.6 is 0 Å². The zero-order chi connectivity index (χ0) is 14.5. The first-order chi connectivity index (χ1) is 9.54. The van der Waals surface area contributed by atoms with E-state index in [9.17, 15) is 14.9 Å². The largest absolute Gasteiger partial charge is 0.338 e. The number of nitro groups is 1. The van der Waals surface area contributed by atoms with E-state index in [4.69, 9.17) is 4.52 Å². The molecule has 2 rings (SSSR count). The van der Waals surface area contributed by atoms with E-state index < -0.39 is 4.92 Å². The summed E-state index contributed by atoms with van der Waals surface area (Å²) in [5, 5.41) is 16.6. The lowest BCUT2D eigenvalue weighted by atomic mass is 10.2. The van der Waals surface area contributed by atoms with E-state index in [1.54, 1.807) is 31.2 Å². The van der Waals surface area contributed by atoms with E-state index in [0.29, 0.717) is 11.3 Å². The van der Waals surface area contributed by atoms with Crippen molar-refractivity contribution < 1.29 is 14.2 Å². The number of nitrogens with zero attached hydrogens (tertiary/aromatic N) is 2. The van der Waals surface area contributed by atoms with Gasteiger partial charge in [-0.25, -0.2) is 0 Å². The Kier molecular flexibility index (Phi) is 3.90. The third-order valence-electron chi connectivity index (χ3n) is 2.41. The maximum atomic E-state index is 11.6. The molecule has 7 heteroatoms. The van der Waals surface area contributed by atoms with Crippen molar-refractivity contribution in [1.82, 2.24) is 5.16 Å². The monoisotopic (exact) mass is 273 g/mol. The van der Waals surface area contributed by atoms with Gasteiger partial charge in [0.05, 0.1) is 10.6 Å². The molecule has 102 valence electrons. The Morgan fingerprint density at radius 1 is 1.40 bits per heavy atom. The third kappa shape index (κ3) is 3.52. The van der Waals surface area contributed by atoms with Gasteiger partial charge in [-0.05, 0) is 30.7 Å². The van der Waals surface area contributed by atoms with Crippen molar-refractivity contribution in [2.75, 3.05) is 5.32 Å². The lowest BCUT2D eigenvalue weighted by Crippen LogP contribution is -2.06. The fourth-order valence-electron chi connectivity index (χ4n) is 1.46. The highest BCUT2D eigenvalue weighted by Gasteiger charge is 2.04. The second-order valence-electron chi connectivity index (χ2n) is 4.00. The van der Waals surface area contributed by atoms with Crippen molar-refractivity contribution >= 4 is 23.6 Å². The van der Waals surface area contributed by atoms with Crippen LogP contribution in [0.25, 0.3) is 6.08 Å². The predicted molar refractivity (Wildman–Crippen MR) is 72.0 cm³/mol. The molecule has 1 aromatic carbocycles. The topological polar surface area (TPSA) is 98.3 Å². The minimum absolute atomic E-state index is 0.00346. The molecule has 2 aromatic rings. The fourth-order valence-corrected chi connectivity index (χ4v) is 1.46. The van der Waals surface area contributed by atoms with Gasteiger partial charge in [0.1, 0.15) is 0 Å². The summed E-state index contributed by atoms with van der Waals surface area (Å²) in [5.41, 5.74) is 1.35. The molecule has 0 atom stereocenters. The number of carbonyl (C=O) groups is 1. The summed E-state index contributed by atoms with van der Waals surface area (Å²) < 4.78 is 4.84. The molecule has 0 spiro atoms. The van der Waals surface area contributed by atoms with E-state index in [1.807, 2.05) is 0 Å². The molecule has 0 saturated carbocycles. The maximum Gasteiger partial charge on any atom is 0.269 e. The number of nitro benzene ring substituents is 1. The Labute approximate surface area is 114 Å². The SMILES string of the molecule is Cc1cc(NC(=O)C=Cc2ccc([N+](=O)[O-])cc2)on1. The van der Waals surface area contributed by atoms with Gasteiger partial charge in [0.15, 0.2) is 0 Å². The zero-order valence-electron chi connectivity index (χ0n) is 10.6. The van der Waals surface area contributed by atoms with E-state index in [1.165, 1.54) is 18.2 Å². The summed E-state index contributed by atoms with van der Waals surface area (Å²) in [6.07, 6.45) is 2.85. The van der Waals surface area contributed by atoms with Gasteiger partial charge in [-0.15, -0.1) is 0 Å². The Balaban J connectivity index is 1.98. The van der Waals surface area contributed by atoms with Crippen LogP contribution < -0.4 is 5.32 Å². The standard InChI is InChI=1S/C13H11N3O4/c1-9-8-13(20-15-9)14-12(17)7-4-10-2-5-11(6-3-10)16(18)19/h2-8H,1H3,(H,14,17). The van der Waals surface area contributed by atoms with Gasteiger partial charge in [0.2, 0.25) is 5.88 Å². The van der Waals surface area contributed by atoms with Gasteiger partial charge in [-0.2, -0.15) is 0 Å². The van der Waals surface area contributed by atoms with Crippen LogP contribution in [0.5, 0.6) is 0 Å². The zero-order valence-corrected chi connectivity index (χ0v) is 10.6. The number of aryl methyl sites for hydroxylation is 1. The number of benzene rings is 1. The molecule has 1 N–H and O–H groups in total. The van der Waals surface area contributed by atoms with Crippen LogP contribution in [0, 0.1) is 17.0 Å². The molecule has 0 aliphatic carbocycles. The fraction of sp³-hybridized carbons (Fsp3) is 0.0769. The van der Waals surface area contributed by atoms with E-state index >= 15 is 0 Å². The number of nitrogens with one attached hydrogen (secondary N) is 1. The molecule has 0 aliphatic rings. The first-order valence-electron chi connectivity index (χ1n) is 5.71. The van der Waals surface area contributed by atoms with Gasteiger partial charge < -0.3 is 4.52 Å². The average molecular weight is 273 g/mol. The van der Waals surface area contributed by atoms with Crippen LogP contribution in [-0.4, -0.2) is 16.0 Å². The van der Waals surface area contributed by atoms with Crippen LogP contribution in [0.3, 0.4) is 0 Å². The van der Waals surface area contributed by atoms with Crippen LogP contribution in [0.1, 0.15) is 11.3 Å². The Morgan fingerprint density at radius 2 is 2.10 bits per heavy atom. The van der Waals surface area contributed by atoms with Crippen molar-refractivity contribution in [3.63, 3.8) is 0 Å². The first kappa shape index (κ1) is 13.5. The van der Waals surface area contributed by atoms with E-state index in [0.717, 1.165) is 0 Å². The molecule has 1 aromatic heterocycles. The number of amides is 1. The average Bonchev–Trinajstić information content (AvgIpc) is 2.82. The summed E-state index contributed by atoms with van der Waals surface area (Å²) in [5.74, 6) is -0.111. The van der Waals surface area contributed by atoms with Crippen molar-refractivity contribution in [2.24, 2.45) is 0 Å². The predicted octanol–water partition coefficient (Wildman–Crippen LogP) is 2.54. The van der Waals surface area contributed by atoms with Crippen LogP contribution in [0.15, 0.2) is 40.9 Å². The van der Waals surface area contributed by atoms with Gasteiger partial charge >= 0.3 is 0 Å². The molecule has 0 radical (unpaired) electrons. The summed E-state index contributed by atoms with van der Waals surface area (Å²) in [7, 11) is 0. The normalized spacial score (nSPS) is 10.7. The van der Waals surface area contributed by atoms with Gasteiger partial charge in [-0.3, -0.25) is 20.2 Å². The number of aromatic nitrogens is 1. The summed E-state index contributed by atoms with van der Waals surface area (Å²) in [6.45, 7) is 1.74. The molecule has 0 bridgehead atoms. The number of carbonyl (C=O) groups excluding carboxylic acids is 1. The molecule has 1 amide bonds. The summed E-state index contributed by atoms with van der Waals surface area (Å²) >= 11 is 0. The molecule has 20 heavy (non-hydrogen) atoms. The second kappa shape index (κ2) is 5.79. The molecule has 0 fully saturated rings. The van der Waals surface area contributed by atoms with Crippen LogP contribution in [-0.2, 0) is 4.79 Å². The lowest BCUT2D eigenvalue weighted by Gasteiger charge is -1.95. The first-order valence-corrected chi connectivity index (χ1v) is 5.71. The minimum atomic E-state index is -0.480. The minimum Gasteiger partial charge on any atom is -0.338 e. The molecule has 7 nitrogen and oxygen atoms in total. The molecule has 1 heterocycles. The second-order valence-corrected chi connectivity index (χ2v) is 4.00. The highest BCUT2D eigenvalue weighted by atomic mass is 16.6. The molecular weight excluding hydrogens is 262 g/mol. The Bertz CT molecular complexity index is 659. The molecule has 0 unspecified atom stereocenters. The van der Waals surface area contributed by atoms with E-state index in [-0.39, 0.29) is 17.5 Å². The number of anilines is 1. The van der Waals surface area contributed by atoms with Crippen LogP contribution in [0.2, 0.25) is 0 Å². The van der Waals surface area contributed by atoms with Crippen molar-refractivity contribution in [1.29, 1.82) is 0 Å². The van der Waals surface area contributed by atoms with Crippen molar-refractivity contribution in [2.45, 2.75) is 6.92 Å². The maximum absolute atomic E-state index is 11.6. The van der Waals surface area contributed by atoms with Gasteiger partial charge in [0, 0.05) is 24.3 Å². The van der Waals surface area contributed by atoms with Gasteiger partial charge in [-0.1, -0.05) is 5.16 Å². The van der Waals surface area contributed by atoms with E-state index in [2.05, 4.69) is 10.5 Å². The highest BCUT2D eigenvalue weighted by molar-refractivity contribution is 6.01. The Hall–Kier alpha value is -2.96. The lowest BCUT2D eigenvalue weighted by molar-refractivity contribution is -0.384. The molecule has 0 aliphatic heterocycles. The quantitative estimate of drug-likeness (QED) is 0.524. The highest BCUT2D eigenvalue weighted by Crippen LogP contribution is 2.13. The number of non-ortho nitro benzene ring substituents is 1. The number of rotatable bonds is 4.